The number of aromatic nitrogens is 7. The lowest BCUT2D eigenvalue weighted by atomic mass is 9.88. The van der Waals surface area contributed by atoms with E-state index in [1.54, 1.807) is 6.07 Å². The van der Waals surface area contributed by atoms with Gasteiger partial charge in [0.2, 0.25) is 0 Å². The molecule has 6 aromatic rings. The summed E-state index contributed by atoms with van der Waals surface area (Å²) < 4.78 is 52.3. The Morgan fingerprint density at radius 3 is 2.46 bits per heavy atom. The van der Waals surface area contributed by atoms with Gasteiger partial charge in [-0.2, -0.15) is 20.2 Å². The molecule has 8 heterocycles. The number of carbonyl (C=O) groups excluding carboxylic acids is 1. The molecule has 5 aliphatic heterocycles. The summed E-state index contributed by atoms with van der Waals surface area (Å²) in [7, 11) is 0. The van der Waals surface area contributed by atoms with E-state index < -0.39 is 5.60 Å². The number of hydrogen-bond acceptors (Lipinski definition) is 12. The summed E-state index contributed by atoms with van der Waals surface area (Å²) in [5, 5.41) is 11.3. The molecule has 356 valence electrons. The zero-order chi connectivity index (χ0) is 46.3. The Balaban J connectivity index is 1.00. The molecule has 3 aromatic heterocycles. The summed E-state index contributed by atoms with van der Waals surface area (Å²) in [5.74, 6) is 3.10. The van der Waals surface area contributed by atoms with Crippen LogP contribution < -0.4 is 14.4 Å². The molecule has 4 saturated heterocycles. The summed E-state index contributed by atoms with van der Waals surface area (Å²) in [5.41, 5.74) is 5.93. The van der Waals surface area contributed by atoms with E-state index in [0.29, 0.717) is 61.7 Å². The number of likely N-dealkylation sites (tertiary alicyclic amines) is 1. The Kier molecular flexibility index (Phi) is 11.0. The van der Waals surface area contributed by atoms with Gasteiger partial charge in [0.25, 0.3) is 0 Å². The Morgan fingerprint density at radius 1 is 0.897 bits per heavy atom. The Bertz CT molecular complexity index is 2870. The van der Waals surface area contributed by atoms with E-state index in [9.17, 15) is 4.79 Å². The minimum absolute atomic E-state index is 0.00444. The smallest absolute Gasteiger partial charge is 0.410 e. The first-order chi connectivity index (χ1) is 33.0. The normalized spacial score (nSPS) is 21.9. The van der Waals surface area contributed by atoms with Crippen LogP contribution in [-0.2, 0) is 40.2 Å². The van der Waals surface area contributed by atoms with Crippen LogP contribution in [0.3, 0.4) is 0 Å². The molecule has 1 aliphatic carbocycles. The van der Waals surface area contributed by atoms with E-state index in [-0.39, 0.29) is 54.9 Å². The van der Waals surface area contributed by atoms with E-state index in [0.717, 1.165) is 127 Å². The number of amides is 1. The van der Waals surface area contributed by atoms with Crippen molar-refractivity contribution < 1.29 is 32.9 Å². The molecule has 15 nitrogen and oxygen atoms in total. The average Bonchev–Trinajstić information content (AvgIpc) is 3.70. The fraction of sp³-hybridized carbons (Fsp3) is 0.538. The first kappa shape index (κ1) is 43.4. The molecule has 3 atom stereocenters. The molecule has 0 radical (unpaired) electrons. The summed E-state index contributed by atoms with van der Waals surface area (Å²) in [6, 6.07) is 12.5. The van der Waals surface area contributed by atoms with E-state index in [2.05, 4.69) is 35.2 Å². The van der Waals surface area contributed by atoms with Crippen LogP contribution in [0.1, 0.15) is 125 Å². The van der Waals surface area contributed by atoms with E-state index in [1.165, 1.54) is 0 Å². The second-order valence-electron chi connectivity index (χ2n) is 20.7. The third kappa shape index (κ3) is 8.20. The molecule has 3 aromatic carbocycles. The van der Waals surface area contributed by atoms with Crippen molar-refractivity contribution in [1.29, 1.82) is 0 Å². The average molecular weight is 926 g/mol. The van der Waals surface area contributed by atoms with Gasteiger partial charge in [-0.05, 0) is 107 Å². The zero-order valence-corrected chi connectivity index (χ0v) is 39.5. The summed E-state index contributed by atoms with van der Waals surface area (Å²) in [6.45, 7) is 11.6. The highest BCUT2D eigenvalue weighted by molar-refractivity contribution is 6.06. The maximum Gasteiger partial charge on any atom is 0.410 e. The van der Waals surface area contributed by atoms with Gasteiger partial charge in [-0.25, -0.2) is 23.5 Å². The Hall–Kier alpha value is -5.87. The predicted octanol–water partition coefficient (Wildman–Crippen LogP) is 9.13. The van der Waals surface area contributed by atoms with Crippen molar-refractivity contribution in [1.82, 2.24) is 39.4 Å². The first-order valence-corrected chi connectivity index (χ1v) is 24.8. The minimum Gasteiger partial charge on any atom is -0.486 e. The molecule has 5 fully saturated rings. The highest BCUT2D eigenvalue weighted by Crippen LogP contribution is 2.54. The maximum absolute atomic E-state index is 16.7. The van der Waals surface area contributed by atoms with Gasteiger partial charge >= 0.3 is 12.1 Å². The highest BCUT2D eigenvalue weighted by Gasteiger charge is 2.48. The molecule has 0 spiro atoms. The number of hydrogen-bond donors (Lipinski definition) is 0. The van der Waals surface area contributed by atoms with Crippen LogP contribution in [0.2, 0.25) is 0 Å². The van der Waals surface area contributed by atoms with Crippen molar-refractivity contribution in [2.45, 2.75) is 147 Å². The molecule has 68 heavy (non-hydrogen) atoms. The second-order valence-corrected chi connectivity index (χ2v) is 20.7. The van der Waals surface area contributed by atoms with Crippen LogP contribution in [0.4, 0.5) is 15.0 Å². The number of halogens is 1. The number of carbonyl (C=O) groups is 1. The minimum atomic E-state index is -0.598. The van der Waals surface area contributed by atoms with Crippen molar-refractivity contribution in [3.05, 3.63) is 82.3 Å². The third-order valence-corrected chi connectivity index (χ3v) is 14.6. The Morgan fingerprint density at radius 2 is 1.72 bits per heavy atom. The van der Waals surface area contributed by atoms with Crippen LogP contribution in [0.15, 0.2) is 42.6 Å². The zero-order valence-electron chi connectivity index (χ0n) is 39.5. The van der Waals surface area contributed by atoms with Crippen molar-refractivity contribution in [2.24, 2.45) is 0 Å². The van der Waals surface area contributed by atoms with Crippen molar-refractivity contribution in [3.8, 4) is 22.9 Å². The number of fused-ring (bicyclic) bond motifs is 5. The van der Waals surface area contributed by atoms with Gasteiger partial charge < -0.3 is 33.5 Å². The maximum atomic E-state index is 16.7. The lowest BCUT2D eigenvalue weighted by Crippen LogP contribution is -2.50. The molecule has 0 N–H and O–H groups in total. The molecular weight excluding hydrogens is 866 g/mol. The van der Waals surface area contributed by atoms with E-state index >= 15 is 4.39 Å². The largest absolute Gasteiger partial charge is 0.486 e. The lowest BCUT2D eigenvalue weighted by molar-refractivity contribution is -0.0366. The van der Waals surface area contributed by atoms with E-state index in [4.69, 9.17) is 48.8 Å². The van der Waals surface area contributed by atoms with Gasteiger partial charge in [0, 0.05) is 79.9 Å². The number of anilines is 1. The van der Waals surface area contributed by atoms with Crippen molar-refractivity contribution >= 4 is 33.7 Å². The number of ether oxygens (including phenoxy) is 5. The van der Waals surface area contributed by atoms with Crippen LogP contribution in [0.25, 0.3) is 32.9 Å². The van der Waals surface area contributed by atoms with E-state index in [1.807, 2.05) is 48.2 Å². The third-order valence-electron chi connectivity index (χ3n) is 14.6. The molecule has 6 aliphatic rings. The monoisotopic (exact) mass is 925 g/mol. The van der Waals surface area contributed by atoms with Gasteiger partial charge in [0.1, 0.15) is 41.3 Å². The van der Waals surface area contributed by atoms with Crippen LogP contribution >= 0.6 is 0 Å². The standard InChI is InChI=1S/C52H60FN9O6/c1-30-40(53)25-41-39(26-54-62(41)44-9-5-6-19-65-44)45(30)46-37(33-14-15-33)24-38-47(48(46)66-29-32-12-10-31(11-13-32)22-42-55-43-8-7-18-61(43)58-42)56-50(67-36-16-20-64-21-17-36)57-49(38)59-27-35-23-34(59)28-60(35)51(63)68-52(2,3)4/h10-13,24-26,33-36,44H,5-9,14-23,27-29H2,1-4H3/t34-,35-,44?/m0/s1. The topological polar surface area (TPSA) is 144 Å². The van der Waals surface area contributed by atoms with Crippen LogP contribution in [0.5, 0.6) is 11.8 Å². The van der Waals surface area contributed by atoms with Crippen molar-refractivity contribution in [3.63, 3.8) is 0 Å². The second kappa shape index (κ2) is 17.3. The fourth-order valence-electron chi connectivity index (χ4n) is 11.1. The molecule has 2 bridgehead atoms. The molecule has 1 amide bonds. The number of aryl methyl sites for hydroxylation is 2. The van der Waals surface area contributed by atoms with Gasteiger partial charge in [-0.3, -0.25) is 0 Å². The number of benzene rings is 3. The van der Waals surface area contributed by atoms with Crippen LogP contribution in [-0.4, -0.2) is 102 Å². The van der Waals surface area contributed by atoms with Crippen LogP contribution in [0, 0.1) is 12.7 Å². The highest BCUT2D eigenvalue weighted by atomic mass is 19.1. The Labute approximate surface area is 395 Å². The molecule has 12 rings (SSSR count). The number of rotatable bonds is 11. The number of piperazine rings is 1. The summed E-state index contributed by atoms with van der Waals surface area (Å²) in [6.07, 6.45) is 10.9. The summed E-state index contributed by atoms with van der Waals surface area (Å²) in [4.78, 5) is 33.0. The van der Waals surface area contributed by atoms with Gasteiger partial charge in [-0.15, -0.1) is 0 Å². The van der Waals surface area contributed by atoms with Gasteiger partial charge in [0.15, 0.2) is 17.8 Å². The van der Waals surface area contributed by atoms with Gasteiger partial charge in [0.05, 0.1) is 37.0 Å². The summed E-state index contributed by atoms with van der Waals surface area (Å²) >= 11 is 0. The predicted molar refractivity (Wildman–Crippen MR) is 253 cm³/mol. The van der Waals surface area contributed by atoms with Gasteiger partial charge in [-0.1, -0.05) is 24.3 Å². The molecule has 1 unspecified atom stereocenters. The molecule has 1 saturated carbocycles. The quantitative estimate of drug-likeness (QED) is 0.122. The van der Waals surface area contributed by atoms with Crippen molar-refractivity contribution in [2.75, 3.05) is 37.8 Å². The fourth-order valence-corrected chi connectivity index (χ4v) is 11.1. The molecule has 16 heteroatoms. The molecular formula is C52H60FN9O6. The first-order valence-electron chi connectivity index (χ1n) is 24.8. The SMILES string of the molecule is Cc1c(F)cc2c(cnn2C2CCCCO2)c1-c1c(C2CC2)cc2c(N3C[C@@H]4C[C@H]3CN4C(=O)OC(C)(C)C)nc(OC3CCOCC3)nc2c1OCc1ccc(Cc2nc3n(n2)CCC3)cc1. The number of nitrogens with zero attached hydrogens (tertiary/aromatic N) is 9. The lowest BCUT2D eigenvalue weighted by Gasteiger charge is -2.36.